The number of nitrogens with zero attached hydrogens (tertiary/aromatic N) is 1. The lowest BCUT2D eigenvalue weighted by Gasteiger charge is -2.09. The number of aliphatic hydroxyl groups excluding tert-OH is 2. The summed E-state index contributed by atoms with van der Waals surface area (Å²) >= 11 is 1.13. The van der Waals surface area contributed by atoms with Crippen LogP contribution in [0, 0.1) is 10.1 Å². The highest BCUT2D eigenvalue weighted by Crippen LogP contribution is 2.28. The van der Waals surface area contributed by atoms with Gasteiger partial charge in [0.05, 0.1) is 23.9 Å². The number of thioether (sulfide) groups is 1. The topological polar surface area (TPSA) is 126 Å². The second-order valence-electron chi connectivity index (χ2n) is 4.55. The largest absolute Gasteiger partial charge is 0.459 e. The van der Waals surface area contributed by atoms with Crippen LogP contribution in [0.2, 0.25) is 0 Å². The Kier molecular flexibility index (Phi) is 5.74. The molecule has 1 heterocycles. The fourth-order valence-electron chi connectivity index (χ4n) is 1.69. The van der Waals surface area contributed by atoms with Gasteiger partial charge in [-0.1, -0.05) is 0 Å². The molecule has 0 unspecified atom stereocenters. The van der Waals surface area contributed by atoms with Crippen LogP contribution in [0.15, 0.2) is 45.9 Å². The monoisotopic (exact) mass is 338 g/mol. The molecule has 0 saturated carbocycles. The summed E-state index contributed by atoms with van der Waals surface area (Å²) in [4.78, 5) is 22.8. The summed E-state index contributed by atoms with van der Waals surface area (Å²) < 4.78 is 4.96. The average Bonchev–Trinajstić information content (AvgIpc) is 3.06. The summed E-state index contributed by atoms with van der Waals surface area (Å²) in [7, 11) is 0. The minimum atomic E-state index is -0.930. The molecule has 0 bridgehead atoms. The van der Waals surface area contributed by atoms with Crippen LogP contribution in [-0.4, -0.2) is 39.5 Å². The molecular formula is C14H14N2O6S. The number of benzene rings is 1. The molecule has 0 fully saturated rings. The van der Waals surface area contributed by atoms with Crippen molar-refractivity contribution in [1.82, 2.24) is 0 Å². The van der Waals surface area contributed by atoms with Gasteiger partial charge in [-0.2, -0.15) is 0 Å². The molecule has 3 N–H and O–H groups in total. The third kappa shape index (κ3) is 4.81. The number of non-ortho nitro benzene ring substituents is 1. The van der Waals surface area contributed by atoms with E-state index in [0.29, 0.717) is 4.90 Å². The number of carbonyl (C=O) groups is 1. The number of furan rings is 1. The fraction of sp³-hybridized carbons (Fsp3) is 0.214. The maximum Gasteiger partial charge on any atom is 0.291 e. The molecule has 0 spiro atoms. The smallest absolute Gasteiger partial charge is 0.291 e. The van der Waals surface area contributed by atoms with Crippen LogP contribution in [-0.2, 0) is 0 Å². The molecule has 0 aliphatic rings. The maximum atomic E-state index is 11.9. The van der Waals surface area contributed by atoms with Gasteiger partial charge in [-0.25, -0.2) is 0 Å². The first-order valence-electron chi connectivity index (χ1n) is 6.55. The molecular weight excluding hydrogens is 324 g/mol. The zero-order valence-corrected chi connectivity index (χ0v) is 12.7. The number of amides is 1. The summed E-state index contributed by atoms with van der Waals surface area (Å²) in [6.45, 7) is -0.399. The Morgan fingerprint density at radius 2 is 2.22 bits per heavy atom. The number of aliphatic hydroxyl groups is 2. The Morgan fingerprint density at radius 1 is 1.43 bits per heavy atom. The van der Waals surface area contributed by atoms with E-state index >= 15 is 0 Å². The van der Waals surface area contributed by atoms with Crippen LogP contribution in [0.3, 0.4) is 0 Å². The summed E-state index contributed by atoms with van der Waals surface area (Å²) in [5, 5.41) is 31.7. The van der Waals surface area contributed by atoms with Crippen molar-refractivity contribution in [3.63, 3.8) is 0 Å². The molecule has 9 heteroatoms. The normalized spacial score (nSPS) is 11.9. The Bertz CT molecular complexity index is 689. The molecule has 0 aliphatic heterocycles. The second kappa shape index (κ2) is 7.77. The van der Waals surface area contributed by atoms with E-state index in [-0.39, 0.29) is 22.9 Å². The molecule has 0 radical (unpaired) electrons. The van der Waals surface area contributed by atoms with Crippen LogP contribution in [0.1, 0.15) is 10.6 Å². The van der Waals surface area contributed by atoms with Crippen molar-refractivity contribution in [3.05, 3.63) is 52.5 Å². The number of nitro benzene ring substituents is 1. The zero-order valence-electron chi connectivity index (χ0n) is 11.8. The number of hydrogen-bond donors (Lipinski definition) is 3. The van der Waals surface area contributed by atoms with E-state index in [4.69, 9.17) is 9.52 Å². The molecule has 23 heavy (non-hydrogen) atoms. The minimum absolute atomic E-state index is 0.0846. The quantitative estimate of drug-likeness (QED) is 0.400. The van der Waals surface area contributed by atoms with Gasteiger partial charge < -0.3 is 19.9 Å². The van der Waals surface area contributed by atoms with Crippen molar-refractivity contribution in [2.24, 2.45) is 0 Å². The first kappa shape index (κ1) is 17.0. The number of rotatable bonds is 7. The third-order valence-electron chi connectivity index (χ3n) is 2.76. The lowest BCUT2D eigenvalue weighted by molar-refractivity contribution is -0.385. The van der Waals surface area contributed by atoms with E-state index in [2.05, 4.69) is 5.32 Å². The van der Waals surface area contributed by atoms with Gasteiger partial charge in [0.15, 0.2) is 5.76 Å². The molecule has 1 amide bonds. The van der Waals surface area contributed by atoms with E-state index < -0.39 is 23.5 Å². The standard InChI is InChI=1S/C14H14N2O6S/c17-7-11(18)8-23-12-5-9(4-10(6-12)16(20)21)15-14(19)13-2-1-3-22-13/h1-6,11,17-18H,7-8H2,(H,15,19)/t11-/m1/s1. The third-order valence-corrected chi connectivity index (χ3v) is 3.88. The van der Waals surface area contributed by atoms with Crippen molar-refractivity contribution in [1.29, 1.82) is 0 Å². The van der Waals surface area contributed by atoms with Gasteiger partial charge in [-0.05, 0) is 18.2 Å². The van der Waals surface area contributed by atoms with E-state index in [0.717, 1.165) is 11.8 Å². The highest BCUT2D eigenvalue weighted by atomic mass is 32.2. The molecule has 2 rings (SSSR count). The number of nitro groups is 1. The van der Waals surface area contributed by atoms with Crippen LogP contribution >= 0.6 is 11.8 Å². The predicted molar refractivity (Wildman–Crippen MR) is 83.6 cm³/mol. The molecule has 2 aromatic rings. The highest BCUT2D eigenvalue weighted by Gasteiger charge is 2.15. The molecule has 1 atom stereocenters. The first-order valence-corrected chi connectivity index (χ1v) is 7.54. The summed E-state index contributed by atoms with van der Waals surface area (Å²) in [6.07, 6.45) is 0.417. The first-order chi connectivity index (χ1) is 11.0. The molecule has 1 aromatic heterocycles. The Labute approximate surface area is 135 Å². The van der Waals surface area contributed by atoms with Gasteiger partial charge in [-0.3, -0.25) is 14.9 Å². The number of nitrogens with one attached hydrogen (secondary N) is 1. The molecule has 8 nitrogen and oxygen atoms in total. The van der Waals surface area contributed by atoms with Gasteiger partial charge in [0.1, 0.15) is 0 Å². The van der Waals surface area contributed by atoms with Gasteiger partial charge >= 0.3 is 0 Å². The van der Waals surface area contributed by atoms with Crippen molar-refractivity contribution in [2.45, 2.75) is 11.0 Å². The van der Waals surface area contributed by atoms with Gasteiger partial charge in [-0.15, -0.1) is 11.8 Å². The van der Waals surface area contributed by atoms with Crippen molar-refractivity contribution in [3.8, 4) is 0 Å². The lowest BCUT2D eigenvalue weighted by atomic mass is 10.2. The summed E-state index contributed by atoms with van der Waals surface area (Å²) in [5.74, 6) is -0.272. The van der Waals surface area contributed by atoms with E-state index in [1.807, 2.05) is 0 Å². The summed E-state index contributed by atoms with van der Waals surface area (Å²) in [5.41, 5.74) is 0.0461. The summed E-state index contributed by atoms with van der Waals surface area (Å²) in [6, 6.07) is 7.13. The van der Waals surface area contributed by atoms with Crippen LogP contribution in [0.4, 0.5) is 11.4 Å². The Hall–Kier alpha value is -2.36. The Balaban J connectivity index is 2.19. The molecule has 1 aromatic carbocycles. The van der Waals surface area contributed by atoms with Crippen LogP contribution in [0.25, 0.3) is 0 Å². The zero-order chi connectivity index (χ0) is 16.8. The number of hydrogen-bond acceptors (Lipinski definition) is 7. The van der Waals surface area contributed by atoms with Crippen LogP contribution in [0.5, 0.6) is 0 Å². The maximum absolute atomic E-state index is 11.9. The second-order valence-corrected chi connectivity index (χ2v) is 5.64. The number of anilines is 1. The van der Waals surface area contributed by atoms with Gasteiger partial charge in [0.25, 0.3) is 11.6 Å². The minimum Gasteiger partial charge on any atom is -0.459 e. The van der Waals surface area contributed by atoms with Crippen molar-refractivity contribution < 1.29 is 24.3 Å². The predicted octanol–water partition coefficient (Wildman–Crippen LogP) is 1.89. The average molecular weight is 338 g/mol. The van der Waals surface area contributed by atoms with Crippen molar-refractivity contribution in [2.75, 3.05) is 17.7 Å². The fourth-order valence-corrected chi connectivity index (χ4v) is 2.59. The van der Waals surface area contributed by atoms with Crippen molar-refractivity contribution >= 4 is 29.0 Å². The van der Waals surface area contributed by atoms with E-state index in [9.17, 15) is 20.0 Å². The van der Waals surface area contributed by atoms with Gasteiger partial charge in [0.2, 0.25) is 0 Å². The highest BCUT2D eigenvalue weighted by molar-refractivity contribution is 7.99. The molecule has 0 aliphatic carbocycles. The van der Waals surface area contributed by atoms with Gasteiger partial charge in [0, 0.05) is 28.5 Å². The van der Waals surface area contributed by atoms with E-state index in [1.54, 1.807) is 12.1 Å². The van der Waals surface area contributed by atoms with E-state index in [1.165, 1.54) is 24.5 Å². The molecule has 0 saturated heterocycles. The number of carbonyl (C=O) groups excluding carboxylic acids is 1. The molecule has 122 valence electrons. The van der Waals surface area contributed by atoms with Crippen LogP contribution < -0.4 is 5.32 Å². The SMILES string of the molecule is O=C(Nc1cc(SC[C@H](O)CO)cc([N+](=O)[O-])c1)c1ccco1. The lowest BCUT2D eigenvalue weighted by Crippen LogP contribution is -2.14. The Morgan fingerprint density at radius 3 is 2.83 bits per heavy atom.